The molecule has 5 nitrogen and oxygen atoms in total. The maximum atomic E-state index is 8.69. The van der Waals surface area contributed by atoms with E-state index in [1.807, 2.05) is 13.8 Å². The van der Waals surface area contributed by atoms with E-state index in [-0.39, 0.29) is 6.61 Å². The average molecular weight is 299 g/mol. The monoisotopic (exact) mass is 299 g/mol. The van der Waals surface area contributed by atoms with Gasteiger partial charge in [-0.2, -0.15) is 0 Å². The van der Waals surface area contributed by atoms with Crippen molar-refractivity contribution in [3.8, 4) is 10.8 Å². The van der Waals surface area contributed by atoms with Crippen LogP contribution in [0.15, 0.2) is 9.64 Å². The molecule has 2 heterocycles. The molecule has 0 aromatic carbocycles. The Balaban J connectivity index is 1.90. The average Bonchev–Trinajstić information content (AvgIpc) is 2.95. The first-order chi connectivity index (χ1) is 9.20. The van der Waals surface area contributed by atoms with E-state index in [0.29, 0.717) is 11.1 Å². The van der Waals surface area contributed by atoms with Gasteiger partial charge in [0.2, 0.25) is 0 Å². The summed E-state index contributed by atoms with van der Waals surface area (Å²) in [5.41, 5.74) is 0.936. The van der Waals surface area contributed by atoms with E-state index in [1.165, 1.54) is 0 Å². The van der Waals surface area contributed by atoms with Gasteiger partial charge in [0, 0.05) is 12.4 Å². The second-order valence-electron chi connectivity index (χ2n) is 4.15. The molecule has 2 aromatic heterocycles. The van der Waals surface area contributed by atoms with Gasteiger partial charge in [-0.1, -0.05) is 18.2 Å². The maximum Gasteiger partial charge on any atom is 0.276 e. The molecule has 7 heteroatoms. The lowest BCUT2D eigenvalue weighted by Gasteiger charge is -1.95. The van der Waals surface area contributed by atoms with E-state index in [4.69, 9.17) is 9.52 Å². The van der Waals surface area contributed by atoms with Crippen molar-refractivity contribution in [1.82, 2.24) is 15.2 Å². The Bertz CT molecular complexity index is 525. The van der Waals surface area contributed by atoms with Crippen LogP contribution in [0.5, 0.6) is 0 Å². The molecule has 2 rings (SSSR count). The summed E-state index contributed by atoms with van der Waals surface area (Å²) < 4.78 is 5.63. The van der Waals surface area contributed by atoms with Gasteiger partial charge in [0.15, 0.2) is 0 Å². The van der Waals surface area contributed by atoms with Crippen LogP contribution in [0.4, 0.5) is 0 Å². The Morgan fingerprint density at radius 2 is 2.05 bits per heavy atom. The Kier molecular flexibility index (Phi) is 5.35. The summed E-state index contributed by atoms with van der Waals surface area (Å²) in [5.74, 6) is 1.49. The number of rotatable bonds is 7. The van der Waals surface area contributed by atoms with Crippen molar-refractivity contribution in [3.63, 3.8) is 0 Å². The molecule has 0 unspecified atom stereocenters. The lowest BCUT2D eigenvalue weighted by Crippen LogP contribution is -1.85. The molecular weight excluding hydrogens is 282 g/mol. The third-order valence-electron chi connectivity index (χ3n) is 2.53. The molecule has 0 fully saturated rings. The summed E-state index contributed by atoms with van der Waals surface area (Å²) in [7, 11) is 0. The van der Waals surface area contributed by atoms with Gasteiger partial charge in [-0.15, -0.1) is 21.5 Å². The molecule has 19 heavy (non-hydrogen) atoms. The van der Waals surface area contributed by atoms with Gasteiger partial charge >= 0.3 is 0 Å². The van der Waals surface area contributed by atoms with Gasteiger partial charge in [-0.25, -0.2) is 4.98 Å². The molecule has 0 atom stereocenters. The summed E-state index contributed by atoms with van der Waals surface area (Å²) in [6.07, 6.45) is 2.92. The van der Waals surface area contributed by atoms with Crippen molar-refractivity contribution in [2.75, 3.05) is 12.4 Å². The molecule has 1 N–H and O–H groups in total. The van der Waals surface area contributed by atoms with Crippen LogP contribution in [0.3, 0.4) is 0 Å². The molecule has 0 spiro atoms. The van der Waals surface area contributed by atoms with E-state index in [1.54, 1.807) is 23.1 Å². The minimum atomic E-state index is 0.263. The summed E-state index contributed by atoms with van der Waals surface area (Å²) in [6, 6.07) is 0. The lowest BCUT2D eigenvalue weighted by molar-refractivity contribution is 0.284. The molecule has 0 aliphatic carbocycles. The minimum Gasteiger partial charge on any atom is -0.410 e. The molecule has 0 saturated heterocycles. The molecule has 0 aliphatic heterocycles. The third-order valence-corrected chi connectivity index (χ3v) is 4.50. The van der Waals surface area contributed by atoms with E-state index in [0.717, 1.165) is 40.6 Å². The fourth-order valence-electron chi connectivity index (χ4n) is 1.64. The second-order valence-corrected chi connectivity index (χ2v) is 6.40. The first kappa shape index (κ1) is 14.5. The van der Waals surface area contributed by atoms with Crippen molar-refractivity contribution < 1.29 is 9.52 Å². The summed E-state index contributed by atoms with van der Waals surface area (Å²) >= 11 is 3.13. The zero-order valence-corrected chi connectivity index (χ0v) is 12.7. The first-order valence-electron chi connectivity index (χ1n) is 6.22. The highest BCUT2D eigenvalue weighted by Gasteiger charge is 2.14. The minimum absolute atomic E-state index is 0.263. The SMILES string of the molecule is Cc1nc(C)c(-c2nnc(SCCCCCO)o2)s1. The zero-order valence-electron chi connectivity index (χ0n) is 11.0. The van der Waals surface area contributed by atoms with Gasteiger partial charge in [-0.05, 0) is 26.7 Å². The number of nitrogens with zero attached hydrogens (tertiary/aromatic N) is 3. The topological polar surface area (TPSA) is 72.0 Å². The molecule has 0 aliphatic rings. The number of hydrogen-bond acceptors (Lipinski definition) is 7. The van der Waals surface area contributed by atoms with Crippen LogP contribution in [0.2, 0.25) is 0 Å². The standard InChI is InChI=1S/C12H17N3O2S2/c1-8-10(19-9(2)13-8)11-14-15-12(17-11)18-7-5-3-4-6-16/h16H,3-7H2,1-2H3. The fourth-order valence-corrected chi connectivity index (χ4v) is 3.24. The molecule has 0 radical (unpaired) electrons. The molecular formula is C12H17N3O2S2. The van der Waals surface area contributed by atoms with E-state index in [9.17, 15) is 0 Å². The highest BCUT2D eigenvalue weighted by Crippen LogP contribution is 2.30. The summed E-state index contributed by atoms with van der Waals surface area (Å²) in [4.78, 5) is 5.31. The van der Waals surface area contributed by atoms with Crippen molar-refractivity contribution in [2.24, 2.45) is 0 Å². The largest absolute Gasteiger partial charge is 0.410 e. The van der Waals surface area contributed by atoms with Crippen LogP contribution in [0, 0.1) is 13.8 Å². The Labute approximate surface area is 120 Å². The molecule has 2 aromatic rings. The van der Waals surface area contributed by atoms with Crippen LogP contribution in [-0.4, -0.2) is 32.6 Å². The quantitative estimate of drug-likeness (QED) is 0.626. The molecule has 0 bridgehead atoms. The van der Waals surface area contributed by atoms with Crippen LogP contribution in [0.25, 0.3) is 10.8 Å². The van der Waals surface area contributed by atoms with Crippen LogP contribution < -0.4 is 0 Å². The van der Waals surface area contributed by atoms with Crippen molar-refractivity contribution >= 4 is 23.1 Å². The zero-order chi connectivity index (χ0) is 13.7. The highest BCUT2D eigenvalue weighted by atomic mass is 32.2. The number of unbranched alkanes of at least 4 members (excludes halogenated alkanes) is 2. The van der Waals surface area contributed by atoms with Gasteiger partial charge in [0.25, 0.3) is 11.1 Å². The Morgan fingerprint density at radius 1 is 1.21 bits per heavy atom. The van der Waals surface area contributed by atoms with Gasteiger partial charge in [0.1, 0.15) is 4.88 Å². The van der Waals surface area contributed by atoms with Gasteiger partial charge in [-0.3, -0.25) is 0 Å². The molecule has 104 valence electrons. The van der Waals surface area contributed by atoms with E-state index in [2.05, 4.69) is 15.2 Å². The third kappa shape index (κ3) is 4.02. The van der Waals surface area contributed by atoms with Crippen molar-refractivity contribution in [3.05, 3.63) is 10.7 Å². The fraction of sp³-hybridized carbons (Fsp3) is 0.583. The first-order valence-corrected chi connectivity index (χ1v) is 8.02. The smallest absolute Gasteiger partial charge is 0.276 e. The van der Waals surface area contributed by atoms with Crippen molar-refractivity contribution in [1.29, 1.82) is 0 Å². The lowest BCUT2D eigenvalue weighted by atomic mass is 10.3. The summed E-state index contributed by atoms with van der Waals surface area (Å²) in [6.45, 7) is 4.18. The molecule has 0 amide bonds. The number of thioether (sulfide) groups is 1. The van der Waals surface area contributed by atoms with Crippen LogP contribution >= 0.6 is 23.1 Å². The van der Waals surface area contributed by atoms with Gasteiger partial charge in [0.05, 0.1) is 10.7 Å². The van der Waals surface area contributed by atoms with Crippen LogP contribution in [-0.2, 0) is 0 Å². The number of aromatic nitrogens is 3. The number of hydrogen-bond donors (Lipinski definition) is 1. The van der Waals surface area contributed by atoms with Crippen LogP contribution in [0.1, 0.15) is 30.0 Å². The predicted octanol–water partition coefficient (Wildman–Crippen LogP) is 3.06. The van der Waals surface area contributed by atoms with E-state index >= 15 is 0 Å². The number of aryl methyl sites for hydroxylation is 2. The second kappa shape index (κ2) is 7.02. The normalized spacial score (nSPS) is 11.1. The van der Waals surface area contributed by atoms with Crippen molar-refractivity contribution in [2.45, 2.75) is 38.3 Å². The number of aliphatic hydroxyl groups excluding tert-OH is 1. The molecule has 0 saturated carbocycles. The maximum absolute atomic E-state index is 8.69. The summed E-state index contributed by atoms with van der Waals surface area (Å²) in [5, 5.41) is 18.4. The Hall–Kier alpha value is -0.920. The van der Waals surface area contributed by atoms with E-state index < -0.39 is 0 Å². The number of thiazole rings is 1. The number of aliphatic hydroxyl groups is 1. The Morgan fingerprint density at radius 3 is 2.74 bits per heavy atom. The highest BCUT2D eigenvalue weighted by molar-refractivity contribution is 7.99. The van der Waals surface area contributed by atoms with Gasteiger partial charge < -0.3 is 9.52 Å². The predicted molar refractivity (Wildman–Crippen MR) is 76.5 cm³/mol.